The van der Waals surface area contributed by atoms with Crippen molar-refractivity contribution in [1.29, 1.82) is 0 Å². The molecule has 0 radical (unpaired) electrons. The van der Waals surface area contributed by atoms with Gasteiger partial charge in [0, 0.05) is 34.1 Å². The number of amides is 1. The molecule has 3 aromatic carbocycles. The predicted molar refractivity (Wildman–Crippen MR) is 144 cm³/mol. The molecule has 0 saturated carbocycles. The van der Waals surface area contributed by atoms with Crippen molar-refractivity contribution in [2.45, 2.75) is 19.8 Å². The number of nitrogens with one attached hydrogen (secondary N) is 3. The highest BCUT2D eigenvalue weighted by molar-refractivity contribution is 6.18. The van der Waals surface area contributed by atoms with Crippen LogP contribution in [0.1, 0.15) is 19.8 Å². The summed E-state index contributed by atoms with van der Waals surface area (Å²) in [6, 6.07) is 19.2. The monoisotopic (exact) mass is 500 g/mol. The highest BCUT2D eigenvalue weighted by Crippen LogP contribution is 2.31. The van der Waals surface area contributed by atoms with E-state index in [4.69, 9.17) is 26.3 Å². The third kappa shape index (κ3) is 5.23. The molecule has 2 aromatic heterocycles. The molecule has 0 aliphatic rings. The van der Waals surface area contributed by atoms with E-state index in [1.807, 2.05) is 67.6 Å². The van der Waals surface area contributed by atoms with E-state index in [9.17, 15) is 4.79 Å². The Morgan fingerprint density at radius 2 is 1.97 bits per heavy atom. The van der Waals surface area contributed by atoms with Crippen LogP contribution < -0.4 is 15.4 Å². The van der Waals surface area contributed by atoms with Gasteiger partial charge in [0.2, 0.25) is 5.91 Å². The number of ether oxygens (including phenoxy) is 1. The van der Waals surface area contributed by atoms with E-state index >= 15 is 0 Å². The lowest BCUT2D eigenvalue weighted by atomic mass is 10.1. The Hall–Kier alpha value is -4.17. The van der Waals surface area contributed by atoms with E-state index in [0.29, 0.717) is 42.0 Å². The zero-order chi connectivity index (χ0) is 24.9. The van der Waals surface area contributed by atoms with Crippen molar-refractivity contribution in [2.75, 3.05) is 23.1 Å². The number of anilines is 3. The Morgan fingerprint density at radius 1 is 1.06 bits per heavy atom. The number of hydrogen-bond acceptors (Lipinski definition) is 6. The molecule has 3 N–H and O–H groups in total. The minimum atomic E-state index is -0.0180. The summed E-state index contributed by atoms with van der Waals surface area (Å²) in [6.07, 6.45) is 3.04. The van der Waals surface area contributed by atoms with Crippen LogP contribution in [0.25, 0.3) is 33.2 Å². The van der Waals surface area contributed by atoms with Crippen LogP contribution in [-0.4, -0.2) is 38.6 Å². The molecule has 0 spiro atoms. The van der Waals surface area contributed by atoms with Crippen molar-refractivity contribution in [3.63, 3.8) is 0 Å². The summed E-state index contributed by atoms with van der Waals surface area (Å²) in [6.45, 7) is 2.38. The number of H-pyrrole nitrogens is 1. The van der Waals surface area contributed by atoms with E-state index in [0.717, 1.165) is 39.5 Å². The molecular weight excluding hydrogens is 476 g/mol. The summed E-state index contributed by atoms with van der Waals surface area (Å²) >= 11 is 5.80. The fraction of sp³-hybridized carbons (Fsp3) is 0.185. The van der Waals surface area contributed by atoms with Gasteiger partial charge in [0.1, 0.15) is 18.2 Å². The molecule has 0 aliphatic carbocycles. The first kappa shape index (κ1) is 23.6. The second kappa shape index (κ2) is 10.6. The van der Waals surface area contributed by atoms with Crippen LogP contribution >= 0.6 is 11.6 Å². The van der Waals surface area contributed by atoms with Gasteiger partial charge in [-0.05, 0) is 55.0 Å². The van der Waals surface area contributed by atoms with Crippen molar-refractivity contribution < 1.29 is 9.53 Å². The number of hydrogen-bond donors (Lipinski definition) is 3. The first-order valence-electron chi connectivity index (χ1n) is 11.7. The normalized spacial score (nSPS) is 11.1. The Labute approximate surface area is 213 Å². The van der Waals surface area contributed by atoms with Crippen molar-refractivity contribution >= 4 is 56.5 Å². The number of halogens is 1. The average molecular weight is 501 g/mol. The van der Waals surface area contributed by atoms with Crippen LogP contribution in [0.4, 0.5) is 17.2 Å². The van der Waals surface area contributed by atoms with Gasteiger partial charge in [-0.15, -0.1) is 11.6 Å². The number of rotatable bonds is 9. The Balaban J connectivity index is 1.56. The number of carbonyl (C=O) groups is 1. The van der Waals surface area contributed by atoms with Gasteiger partial charge in [0.25, 0.3) is 0 Å². The van der Waals surface area contributed by atoms with Crippen molar-refractivity contribution in [3.05, 3.63) is 66.9 Å². The second-order valence-electron chi connectivity index (χ2n) is 8.29. The smallest absolute Gasteiger partial charge is 0.224 e. The standard InChI is InChI=1S/C27H25ClN6O2/c1-2-4-25(35)30-19-6-3-5-17(13-19)26-32-24-10-8-21(36-12-11-28)15-22(24)27(33-26)31-20-7-9-23-18(14-20)16-29-34-23/h3,5-10,13-16H,2,4,11-12H2,1H3,(H,29,34)(H,30,35)(H,31,32,33). The third-order valence-electron chi connectivity index (χ3n) is 5.60. The molecule has 8 nitrogen and oxygen atoms in total. The van der Waals surface area contributed by atoms with Gasteiger partial charge in [0.15, 0.2) is 5.82 Å². The Kier molecular flexibility index (Phi) is 6.95. The summed E-state index contributed by atoms with van der Waals surface area (Å²) in [5.41, 5.74) is 4.07. The molecule has 9 heteroatoms. The van der Waals surface area contributed by atoms with Crippen LogP contribution in [-0.2, 0) is 4.79 Å². The number of fused-ring (bicyclic) bond motifs is 2. The third-order valence-corrected chi connectivity index (χ3v) is 5.75. The van der Waals surface area contributed by atoms with Gasteiger partial charge < -0.3 is 15.4 Å². The summed E-state index contributed by atoms with van der Waals surface area (Å²) in [5, 5.41) is 15.2. The van der Waals surface area contributed by atoms with E-state index in [1.165, 1.54) is 0 Å². The minimum Gasteiger partial charge on any atom is -0.492 e. The predicted octanol–water partition coefficient (Wildman–Crippen LogP) is 6.27. The van der Waals surface area contributed by atoms with Crippen LogP contribution in [0.15, 0.2) is 66.9 Å². The van der Waals surface area contributed by atoms with Crippen LogP contribution in [0, 0.1) is 0 Å². The number of benzene rings is 3. The summed E-state index contributed by atoms with van der Waals surface area (Å²) < 4.78 is 5.74. The molecule has 36 heavy (non-hydrogen) atoms. The van der Waals surface area contributed by atoms with Crippen molar-refractivity contribution in [3.8, 4) is 17.1 Å². The summed E-state index contributed by atoms with van der Waals surface area (Å²) in [7, 11) is 0. The zero-order valence-electron chi connectivity index (χ0n) is 19.7. The van der Waals surface area contributed by atoms with Crippen molar-refractivity contribution in [1.82, 2.24) is 20.2 Å². The van der Waals surface area contributed by atoms with E-state index in [-0.39, 0.29) is 5.91 Å². The maximum absolute atomic E-state index is 12.1. The minimum absolute atomic E-state index is 0.0180. The van der Waals surface area contributed by atoms with Gasteiger partial charge >= 0.3 is 0 Å². The maximum Gasteiger partial charge on any atom is 0.224 e. The quantitative estimate of drug-likeness (QED) is 0.206. The first-order chi connectivity index (χ1) is 17.6. The molecule has 0 atom stereocenters. The van der Waals surface area contributed by atoms with Crippen LogP contribution in [0.5, 0.6) is 5.75 Å². The molecule has 0 bridgehead atoms. The van der Waals surface area contributed by atoms with Crippen LogP contribution in [0.3, 0.4) is 0 Å². The number of alkyl halides is 1. The lowest BCUT2D eigenvalue weighted by Crippen LogP contribution is -2.10. The lowest BCUT2D eigenvalue weighted by molar-refractivity contribution is -0.116. The highest BCUT2D eigenvalue weighted by atomic mass is 35.5. The summed E-state index contributed by atoms with van der Waals surface area (Å²) in [5.74, 6) is 2.24. The van der Waals surface area contributed by atoms with Crippen LogP contribution in [0.2, 0.25) is 0 Å². The largest absolute Gasteiger partial charge is 0.492 e. The molecule has 0 unspecified atom stereocenters. The van der Waals surface area contributed by atoms with Crippen molar-refractivity contribution in [2.24, 2.45) is 0 Å². The van der Waals surface area contributed by atoms with E-state index in [1.54, 1.807) is 6.20 Å². The highest BCUT2D eigenvalue weighted by Gasteiger charge is 2.13. The van der Waals surface area contributed by atoms with Gasteiger partial charge in [-0.2, -0.15) is 5.10 Å². The SMILES string of the molecule is CCCC(=O)Nc1cccc(-c2nc(Nc3ccc4[nH]ncc4c3)c3cc(OCCCl)ccc3n2)c1. The fourth-order valence-corrected chi connectivity index (χ4v) is 4.00. The molecular formula is C27H25ClN6O2. The topological polar surface area (TPSA) is 105 Å². The molecule has 5 aromatic rings. The van der Waals surface area contributed by atoms with E-state index < -0.39 is 0 Å². The lowest BCUT2D eigenvalue weighted by Gasteiger charge is -2.13. The molecule has 2 heterocycles. The fourth-order valence-electron chi connectivity index (χ4n) is 3.92. The van der Waals surface area contributed by atoms with Gasteiger partial charge in [-0.1, -0.05) is 19.1 Å². The molecule has 1 amide bonds. The zero-order valence-corrected chi connectivity index (χ0v) is 20.5. The molecule has 182 valence electrons. The molecule has 5 rings (SSSR count). The number of aromatic amines is 1. The maximum atomic E-state index is 12.1. The Morgan fingerprint density at radius 3 is 2.83 bits per heavy atom. The van der Waals surface area contributed by atoms with Gasteiger partial charge in [-0.3, -0.25) is 9.89 Å². The van der Waals surface area contributed by atoms with Gasteiger partial charge in [-0.25, -0.2) is 9.97 Å². The van der Waals surface area contributed by atoms with E-state index in [2.05, 4.69) is 20.8 Å². The molecule has 0 aliphatic heterocycles. The summed E-state index contributed by atoms with van der Waals surface area (Å²) in [4.78, 5) is 21.8. The molecule has 0 saturated heterocycles. The average Bonchev–Trinajstić information content (AvgIpc) is 3.36. The Bertz CT molecular complexity index is 1530. The number of nitrogens with zero attached hydrogens (tertiary/aromatic N) is 3. The number of aromatic nitrogens is 4. The van der Waals surface area contributed by atoms with Gasteiger partial charge in [0.05, 0.1) is 23.1 Å². The number of carbonyl (C=O) groups excluding carboxylic acids is 1. The first-order valence-corrected chi connectivity index (χ1v) is 12.3. The molecule has 0 fully saturated rings. The second-order valence-corrected chi connectivity index (χ2v) is 8.67.